The first-order chi connectivity index (χ1) is 8.99. The van der Waals surface area contributed by atoms with Gasteiger partial charge in [0.1, 0.15) is 5.56 Å². The van der Waals surface area contributed by atoms with E-state index >= 15 is 0 Å². The van der Waals surface area contributed by atoms with Crippen molar-refractivity contribution >= 4 is 23.2 Å². The molecule has 0 saturated carbocycles. The number of aromatic hydroxyl groups is 1. The number of nitrogens with one attached hydrogen (secondary N) is 2. The number of amides is 1. The Labute approximate surface area is 113 Å². The number of para-hydroxylation sites is 1. The number of anilines is 1. The highest BCUT2D eigenvalue weighted by Gasteiger charge is 2.13. The number of aryl methyl sites for hydroxylation is 1. The molecule has 5 nitrogen and oxygen atoms in total. The fraction of sp³-hybridized carbons (Fsp3) is 0.0769. The number of phenolic OH excluding ortho intramolecular Hbond substituents is 1. The van der Waals surface area contributed by atoms with E-state index in [4.69, 9.17) is 11.6 Å². The lowest BCUT2D eigenvalue weighted by molar-refractivity contribution is 0.102. The van der Waals surface area contributed by atoms with Crippen molar-refractivity contribution in [2.45, 2.75) is 6.92 Å². The molecule has 6 heteroatoms. The molecule has 2 aromatic rings. The fourth-order valence-electron chi connectivity index (χ4n) is 1.56. The Hall–Kier alpha value is -2.27. The molecule has 3 N–H and O–H groups in total. The van der Waals surface area contributed by atoms with Crippen LogP contribution in [-0.4, -0.2) is 16.0 Å². The van der Waals surface area contributed by atoms with Gasteiger partial charge in [-0.05, 0) is 19.1 Å². The van der Waals surface area contributed by atoms with E-state index in [1.54, 1.807) is 13.0 Å². The Balaban J connectivity index is 2.31. The van der Waals surface area contributed by atoms with Crippen LogP contribution < -0.4 is 10.7 Å². The highest BCUT2D eigenvalue weighted by Crippen LogP contribution is 2.31. The monoisotopic (exact) mass is 278 g/mol. The largest absolute Gasteiger partial charge is 0.504 e. The van der Waals surface area contributed by atoms with Gasteiger partial charge in [-0.2, -0.15) is 0 Å². The summed E-state index contributed by atoms with van der Waals surface area (Å²) in [6.07, 6.45) is 1.33. The molecule has 1 amide bonds. The lowest BCUT2D eigenvalue weighted by Gasteiger charge is -2.07. The number of halogens is 1. The number of hydrogen-bond donors (Lipinski definition) is 3. The number of carbonyl (C=O) groups excluding carboxylic acids is 1. The minimum Gasteiger partial charge on any atom is -0.504 e. The van der Waals surface area contributed by atoms with E-state index < -0.39 is 11.3 Å². The number of hydrogen-bond acceptors (Lipinski definition) is 3. The molecule has 98 valence electrons. The van der Waals surface area contributed by atoms with Gasteiger partial charge in [-0.1, -0.05) is 17.7 Å². The number of aromatic amines is 1. The topological polar surface area (TPSA) is 82.2 Å². The van der Waals surface area contributed by atoms with Crippen LogP contribution in [0.25, 0.3) is 0 Å². The van der Waals surface area contributed by atoms with Crippen molar-refractivity contribution in [2.24, 2.45) is 0 Å². The first-order valence-corrected chi connectivity index (χ1v) is 5.85. The average Bonchev–Trinajstić information content (AvgIpc) is 2.34. The summed E-state index contributed by atoms with van der Waals surface area (Å²) < 4.78 is 0. The van der Waals surface area contributed by atoms with Crippen LogP contribution in [0.1, 0.15) is 16.1 Å². The Kier molecular flexibility index (Phi) is 3.57. The zero-order valence-electron chi connectivity index (χ0n) is 10.0. The van der Waals surface area contributed by atoms with Crippen LogP contribution in [-0.2, 0) is 0 Å². The molecule has 1 aromatic heterocycles. The fourth-order valence-corrected chi connectivity index (χ4v) is 1.73. The van der Waals surface area contributed by atoms with Crippen LogP contribution in [0.2, 0.25) is 5.02 Å². The second-order valence-corrected chi connectivity index (χ2v) is 4.39. The third kappa shape index (κ3) is 2.77. The molecule has 0 unspecified atom stereocenters. The molecule has 0 aliphatic rings. The van der Waals surface area contributed by atoms with Gasteiger partial charge < -0.3 is 15.4 Å². The Morgan fingerprint density at radius 3 is 2.84 bits per heavy atom. The third-order valence-corrected chi connectivity index (χ3v) is 2.84. The molecule has 0 fully saturated rings. The molecular weight excluding hydrogens is 268 g/mol. The van der Waals surface area contributed by atoms with Crippen molar-refractivity contribution in [1.82, 2.24) is 4.98 Å². The minimum absolute atomic E-state index is 0.0371. The van der Waals surface area contributed by atoms with Gasteiger partial charge in [0, 0.05) is 18.0 Å². The van der Waals surface area contributed by atoms with E-state index in [9.17, 15) is 14.7 Å². The summed E-state index contributed by atoms with van der Waals surface area (Å²) in [4.78, 5) is 26.4. The van der Waals surface area contributed by atoms with Crippen LogP contribution in [0.3, 0.4) is 0 Å². The number of benzene rings is 1. The number of carbonyl (C=O) groups is 1. The van der Waals surface area contributed by atoms with Crippen LogP contribution in [0, 0.1) is 6.92 Å². The Morgan fingerprint density at radius 1 is 1.42 bits per heavy atom. The predicted molar refractivity (Wildman–Crippen MR) is 72.9 cm³/mol. The number of aromatic nitrogens is 1. The van der Waals surface area contributed by atoms with E-state index in [1.807, 2.05) is 0 Å². The van der Waals surface area contributed by atoms with Crippen LogP contribution in [0.5, 0.6) is 5.75 Å². The summed E-state index contributed by atoms with van der Waals surface area (Å²) in [6.45, 7) is 1.71. The molecule has 2 rings (SSSR count). The third-order valence-electron chi connectivity index (χ3n) is 2.54. The molecule has 0 spiro atoms. The molecule has 0 bridgehead atoms. The Bertz CT molecular complexity index is 695. The van der Waals surface area contributed by atoms with Crippen molar-refractivity contribution in [3.8, 4) is 5.75 Å². The summed E-state index contributed by atoms with van der Waals surface area (Å²) in [7, 11) is 0. The van der Waals surface area contributed by atoms with Gasteiger partial charge in [-0.25, -0.2) is 0 Å². The van der Waals surface area contributed by atoms with Gasteiger partial charge in [0.15, 0.2) is 11.2 Å². The quantitative estimate of drug-likeness (QED) is 0.737. The van der Waals surface area contributed by atoms with Crippen molar-refractivity contribution < 1.29 is 9.90 Å². The van der Waals surface area contributed by atoms with Crippen molar-refractivity contribution in [3.63, 3.8) is 0 Å². The first kappa shape index (κ1) is 13.2. The maximum Gasteiger partial charge on any atom is 0.261 e. The Morgan fingerprint density at radius 2 is 2.16 bits per heavy atom. The average molecular weight is 279 g/mol. The highest BCUT2D eigenvalue weighted by molar-refractivity contribution is 6.32. The van der Waals surface area contributed by atoms with Crippen LogP contribution >= 0.6 is 11.6 Å². The van der Waals surface area contributed by atoms with Crippen molar-refractivity contribution in [1.29, 1.82) is 0 Å². The summed E-state index contributed by atoms with van der Waals surface area (Å²) in [5.41, 5.74) is 0.380. The normalized spacial score (nSPS) is 10.2. The van der Waals surface area contributed by atoms with E-state index in [0.717, 1.165) is 0 Å². The smallest absolute Gasteiger partial charge is 0.261 e. The molecular formula is C13H11ClN2O3. The van der Waals surface area contributed by atoms with Gasteiger partial charge >= 0.3 is 0 Å². The summed E-state index contributed by atoms with van der Waals surface area (Å²) in [5, 5.41) is 12.2. The number of phenols is 1. The highest BCUT2D eigenvalue weighted by atomic mass is 35.5. The maximum absolute atomic E-state index is 11.9. The number of pyridine rings is 1. The van der Waals surface area contributed by atoms with E-state index in [-0.39, 0.29) is 22.0 Å². The summed E-state index contributed by atoms with van der Waals surface area (Å²) in [6, 6.07) is 5.89. The SMILES string of the molecule is Cc1cc(=O)c(C(=O)Nc2cccc(Cl)c2O)c[nH]1. The maximum atomic E-state index is 11.9. The molecule has 0 atom stereocenters. The second-order valence-electron chi connectivity index (χ2n) is 3.98. The first-order valence-electron chi connectivity index (χ1n) is 5.47. The number of H-pyrrole nitrogens is 1. The molecule has 0 aliphatic heterocycles. The molecule has 1 aromatic carbocycles. The predicted octanol–water partition coefficient (Wildman–Crippen LogP) is 2.29. The van der Waals surface area contributed by atoms with Crippen molar-refractivity contribution in [3.05, 3.63) is 57.0 Å². The van der Waals surface area contributed by atoms with E-state index in [1.165, 1.54) is 24.4 Å². The minimum atomic E-state index is -0.612. The number of rotatable bonds is 2. The molecule has 0 saturated heterocycles. The van der Waals surface area contributed by atoms with E-state index in [0.29, 0.717) is 5.69 Å². The van der Waals surface area contributed by atoms with Crippen LogP contribution in [0.4, 0.5) is 5.69 Å². The molecule has 1 heterocycles. The lowest BCUT2D eigenvalue weighted by atomic mass is 10.2. The lowest BCUT2D eigenvalue weighted by Crippen LogP contribution is -2.21. The van der Waals surface area contributed by atoms with Gasteiger partial charge in [-0.3, -0.25) is 9.59 Å². The van der Waals surface area contributed by atoms with Crippen molar-refractivity contribution in [2.75, 3.05) is 5.32 Å². The van der Waals surface area contributed by atoms with Gasteiger partial charge in [-0.15, -0.1) is 0 Å². The van der Waals surface area contributed by atoms with Gasteiger partial charge in [0.2, 0.25) is 0 Å². The standard InChI is InChI=1S/C13H11ClN2O3/c1-7-5-11(17)8(6-15-7)13(19)16-10-4-2-3-9(14)12(10)18/h2-6,18H,1H3,(H,15,17)(H,16,19). The molecule has 19 heavy (non-hydrogen) atoms. The van der Waals surface area contributed by atoms with Gasteiger partial charge in [0.25, 0.3) is 5.91 Å². The molecule has 0 radical (unpaired) electrons. The molecule has 0 aliphatic carbocycles. The summed E-state index contributed by atoms with van der Waals surface area (Å²) >= 11 is 5.73. The zero-order chi connectivity index (χ0) is 14.0. The van der Waals surface area contributed by atoms with Gasteiger partial charge in [0.05, 0.1) is 10.7 Å². The summed E-state index contributed by atoms with van der Waals surface area (Å²) in [5.74, 6) is -0.847. The van der Waals surface area contributed by atoms with E-state index in [2.05, 4.69) is 10.3 Å². The second kappa shape index (κ2) is 5.16. The zero-order valence-corrected chi connectivity index (χ0v) is 10.8. The van der Waals surface area contributed by atoms with Crippen LogP contribution in [0.15, 0.2) is 35.3 Å².